The molecule has 8 heteroatoms. The van der Waals surface area contributed by atoms with E-state index in [1.165, 1.54) is 17.6 Å². The predicted molar refractivity (Wildman–Crippen MR) is 98.7 cm³/mol. The number of pyridine rings is 1. The molecule has 2 heterocycles. The zero-order valence-corrected chi connectivity index (χ0v) is 14.2. The fraction of sp³-hybridized carbons (Fsp3) is 0.111. The van der Waals surface area contributed by atoms with Gasteiger partial charge in [0.25, 0.3) is 11.5 Å². The molecule has 0 aliphatic carbocycles. The third-order valence-corrected chi connectivity index (χ3v) is 3.72. The number of aromatic nitrogens is 2. The summed E-state index contributed by atoms with van der Waals surface area (Å²) in [6.45, 7) is 1.85. The summed E-state index contributed by atoms with van der Waals surface area (Å²) in [5.74, 6) is -0.551. The van der Waals surface area contributed by atoms with Gasteiger partial charge in [-0.1, -0.05) is 6.07 Å². The summed E-state index contributed by atoms with van der Waals surface area (Å²) in [7, 11) is 1.52. The summed E-state index contributed by atoms with van der Waals surface area (Å²) in [4.78, 5) is 40.4. The van der Waals surface area contributed by atoms with Crippen molar-refractivity contribution in [2.75, 3.05) is 17.7 Å². The molecule has 0 aliphatic heterocycles. The van der Waals surface area contributed by atoms with Crippen LogP contribution in [0.3, 0.4) is 0 Å². The molecule has 3 rings (SSSR count). The first kappa shape index (κ1) is 17.2. The number of carbonyl (C=O) groups is 2. The third-order valence-electron chi connectivity index (χ3n) is 3.72. The van der Waals surface area contributed by atoms with Crippen LogP contribution < -0.4 is 21.5 Å². The molecule has 0 aliphatic rings. The van der Waals surface area contributed by atoms with Crippen LogP contribution in [0.4, 0.5) is 16.2 Å². The number of amides is 3. The first-order chi connectivity index (χ1) is 12.5. The molecule has 3 aromatic rings. The molecule has 0 spiro atoms. The summed E-state index contributed by atoms with van der Waals surface area (Å²) in [5, 5.41) is 7.71. The van der Waals surface area contributed by atoms with Crippen LogP contribution in [0.1, 0.15) is 15.9 Å². The number of nitrogens with one attached hydrogen (secondary N) is 3. The molecule has 0 saturated heterocycles. The average molecular weight is 351 g/mol. The molecule has 2 aromatic heterocycles. The molecule has 0 radical (unpaired) electrons. The average Bonchev–Trinajstić information content (AvgIpc) is 2.64. The Labute approximate surface area is 148 Å². The van der Waals surface area contributed by atoms with Crippen molar-refractivity contribution in [3.05, 3.63) is 70.3 Å². The Hall–Kier alpha value is -3.68. The monoisotopic (exact) mass is 351 g/mol. The second-order valence-electron chi connectivity index (χ2n) is 5.65. The molecular weight excluding hydrogens is 334 g/mol. The molecule has 0 saturated carbocycles. The van der Waals surface area contributed by atoms with Crippen molar-refractivity contribution < 1.29 is 9.59 Å². The number of hydrogen-bond donors (Lipinski definition) is 3. The molecule has 3 N–H and O–H groups in total. The number of anilines is 2. The molecule has 26 heavy (non-hydrogen) atoms. The van der Waals surface area contributed by atoms with E-state index in [0.717, 1.165) is 5.56 Å². The van der Waals surface area contributed by atoms with Crippen LogP contribution in [-0.4, -0.2) is 28.4 Å². The Kier molecular flexibility index (Phi) is 4.66. The van der Waals surface area contributed by atoms with E-state index in [9.17, 15) is 14.4 Å². The maximum Gasteiger partial charge on any atom is 0.318 e. The highest BCUT2D eigenvalue weighted by molar-refractivity contribution is 6.04. The molecular formula is C18H17N5O3. The zero-order chi connectivity index (χ0) is 18.7. The zero-order valence-electron chi connectivity index (χ0n) is 14.2. The lowest BCUT2D eigenvalue weighted by molar-refractivity contribution is 0.102. The number of fused-ring (bicyclic) bond motifs is 1. The lowest BCUT2D eigenvalue weighted by Crippen LogP contribution is -2.26. The van der Waals surface area contributed by atoms with Gasteiger partial charge in [0.15, 0.2) is 0 Å². The Morgan fingerprint density at radius 3 is 2.31 bits per heavy atom. The molecule has 132 valence electrons. The van der Waals surface area contributed by atoms with Crippen LogP contribution in [0.15, 0.2) is 53.6 Å². The maximum absolute atomic E-state index is 12.5. The molecule has 8 nitrogen and oxygen atoms in total. The second kappa shape index (κ2) is 7.06. The van der Waals surface area contributed by atoms with Crippen molar-refractivity contribution >= 4 is 29.0 Å². The Bertz CT molecular complexity index is 1040. The van der Waals surface area contributed by atoms with Gasteiger partial charge in [0.2, 0.25) is 0 Å². The van der Waals surface area contributed by atoms with Crippen LogP contribution in [-0.2, 0) is 0 Å². The van der Waals surface area contributed by atoms with Gasteiger partial charge in [-0.05, 0) is 42.8 Å². The van der Waals surface area contributed by atoms with E-state index in [1.807, 2.05) is 13.0 Å². The SMILES string of the molecule is CNC(=O)Nc1ccc(NC(=O)c2cnc3ccc(C)cn3c2=O)cc1. The van der Waals surface area contributed by atoms with E-state index < -0.39 is 11.5 Å². The van der Waals surface area contributed by atoms with E-state index in [4.69, 9.17) is 0 Å². The third kappa shape index (κ3) is 3.54. The van der Waals surface area contributed by atoms with Crippen molar-refractivity contribution in [1.82, 2.24) is 14.7 Å². The molecule has 0 fully saturated rings. The van der Waals surface area contributed by atoms with Crippen LogP contribution >= 0.6 is 0 Å². The fourth-order valence-electron chi connectivity index (χ4n) is 2.37. The van der Waals surface area contributed by atoms with E-state index in [-0.39, 0.29) is 11.6 Å². The standard InChI is InChI=1S/C18H17N5O3/c1-11-3-8-15-20-9-14(17(25)23(15)10-11)16(24)21-12-4-6-13(7-5-12)22-18(26)19-2/h3-10H,1-2H3,(H,21,24)(H2,19,22,26). The van der Waals surface area contributed by atoms with Crippen LogP contribution in [0, 0.1) is 6.92 Å². The summed E-state index contributed by atoms with van der Waals surface area (Å²) in [6, 6.07) is 9.75. The van der Waals surface area contributed by atoms with Crippen molar-refractivity contribution in [3.63, 3.8) is 0 Å². The van der Waals surface area contributed by atoms with Crippen molar-refractivity contribution in [1.29, 1.82) is 0 Å². The minimum Gasteiger partial charge on any atom is -0.341 e. The van der Waals surface area contributed by atoms with E-state index in [0.29, 0.717) is 17.0 Å². The summed E-state index contributed by atoms with van der Waals surface area (Å²) >= 11 is 0. The van der Waals surface area contributed by atoms with Gasteiger partial charge in [-0.25, -0.2) is 9.78 Å². The quantitative estimate of drug-likeness (QED) is 0.671. The molecule has 0 atom stereocenters. The van der Waals surface area contributed by atoms with Gasteiger partial charge in [0.05, 0.1) is 0 Å². The normalized spacial score (nSPS) is 10.4. The van der Waals surface area contributed by atoms with Gasteiger partial charge >= 0.3 is 6.03 Å². The molecule has 1 aromatic carbocycles. The number of benzene rings is 1. The highest BCUT2D eigenvalue weighted by Crippen LogP contribution is 2.14. The number of urea groups is 1. The molecule has 0 bridgehead atoms. The van der Waals surface area contributed by atoms with Crippen molar-refractivity contribution in [2.24, 2.45) is 0 Å². The largest absolute Gasteiger partial charge is 0.341 e. The van der Waals surface area contributed by atoms with E-state index in [1.54, 1.807) is 36.5 Å². The number of aryl methyl sites for hydroxylation is 1. The number of nitrogens with zero attached hydrogens (tertiary/aromatic N) is 2. The van der Waals surface area contributed by atoms with Gasteiger partial charge < -0.3 is 16.0 Å². The smallest absolute Gasteiger partial charge is 0.318 e. The van der Waals surface area contributed by atoms with Crippen molar-refractivity contribution in [2.45, 2.75) is 6.92 Å². The summed E-state index contributed by atoms with van der Waals surface area (Å²) < 4.78 is 1.35. The maximum atomic E-state index is 12.5. The lowest BCUT2D eigenvalue weighted by Gasteiger charge is -2.08. The van der Waals surface area contributed by atoms with Gasteiger partial charge in [-0.2, -0.15) is 0 Å². The number of hydrogen-bond acceptors (Lipinski definition) is 4. The number of carbonyl (C=O) groups excluding carboxylic acids is 2. The summed E-state index contributed by atoms with van der Waals surface area (Å²) in [6.07, 6.45) is 2.91. The second-order valence-corrected chi connectivity index (χ2v) is 5.65. The highest BCUT2D eigenvalue weighted by Gasteiger charge is 2.13. The van der Waals surface area contributed by atoms with E-state index in [2.05, 4.69) is 20.9 Å². The fourth-order valence-corrected chi connectivity index (χ4v) is 2.37. The minimum absolute atomic E-state index is 0.0549. The highest BCUT2D eigenvalue weighted by atomic mass is 16.2. The lowest BCUT2D eigenvalue weighted by atomic mass is 10.2. The first-order valence-electron chi connectivity index (χ1n) is 7.86. The van der Waals surface area contributed by atoms with Crippen LogP contribution in [0.25, 0.3) is 5.65 Å². The van der Waals surface area contributed by atoms with E-state index >= 15 is 0 Å². The predicted octanol–water partition coefficient (Wildman–Crippen LogP) is 2.01. The summed E-state index contributed by atoms with van der Waals surface area (Å²) in [5.41, 5.74) is 1.94. The first-order valence-corrected chi connectivity index (χ1v) is 7.86. The minimum atomic E-state index is -0.551. The van der Waals surface area contributed by atoms with Gasteiger partial charge in [0, 0.05) is 30.8 Å². The van der Waals surface area contributed by atoms with Crippen LogP contribution in [0.5, 0.6) is 0 Å². The Morgan fingerprint density at radius 1 is 1.00 bits per heavy atom. The Morgan fingerprint density at radius 2 is 1.65 bits per heavy atom. The Balaban J connectivity index is 1.82. The van der Waals surface area contributed by atoms with Gasteiger partial charge in [-0.3, -0.25) is 14.0 Å². The van der Waals surface area contributed by atoms with Gasteiger partial charge in [0.1, 0.15) is 11.2 Å². The molecule has 0 unspecified atom stereocenters. The van der Waals surface area contributed by atoms with Gasteiger partial charge in [-0.15, -0.1) is 0 Å². The van der Waals surface area contributed by atoms with Crippen LogP contribution in [0.2, 0.25) is 0 Å². The van der Waals surface area contributed by atoms with Crippen molar-refractivity contribution in [3.8, 4) is 0 Å². The topological polar surface area (TPSA) is 105 Å². The number of rotatable bonds is 3. The molecule has 3 amide bonds.